The van der Waals surface area contributed by atoms with Gasteiger partial charge in [0, 0.05) is 11.7 Å². The van der Waals surface area contributed by atoms with Crippen LogP contribution in [-0.2, 0) is 0 Å². The zero-order chi connectivity index (χ0) is 12.4. The Balaban J connectivity index is 2.08. The third-order valence-corrected chi connectivity index (χ3v) is 4.18. The highest BCUT2D eigenvalue weighted by atomic mass is 14.9. The van der Waals surface area contributed by atoms with Gasteiger partial charge in [-0.15, -0.1) is 0 Å². The van der Waals surface area contributed by atoms with E-state index < -0.39 is 0 Å². The Morgan fingerprint density at radius 2 is 1.88 bits per heavy atom. The lowest BCUT2D eigenvalue weighted by Gasteiger charge is -2.34. The van der Waals surface area contributed by atoms with Crippen molar-refractivity contribution in [2.45, 2.75) is 53.0 Å². The summed E-state index contributed by atoms with van der Waals surface area (Å²) in [5, 5.41) is 3.76. The van der Waals surface area contributed by atoms with Crippen molar-refractivity contribution in [2.75, 3.05) is 5.32 Å². The summed E-state index contributed by atoms with van der Waals surface area (Å²) in [5.41, 5.74) is 4.04. The first-order valence-corrected chi connectivity index (χ1v) is 6.90. The molecule has 1 aromatic rings. The maximum absolute atomic E-state index is 3.76. The predicted molar refractivity (Wildman–Crippen MR) is 75.5 cm³/mol. The fourth-order valence-corrected chi connectivity index (χ4v) is 2.91. The van der Waals surface area contributed by atoms with Crippen molar-refractivity contribution in [3.05, 3.63) is 29.3 Å². The van der Waals surface area contributed by atoms with Crippen molar-refractivity contribution >= 4 is 5.69 Å². The topological polar surface area (TPSA) is 12.0 Å². The molecule has 1 heteroatoms. The average molecular weight is 231 g/mol. The van der Waals surface area contributed by atoms with E-state index in [4.69, 9.17) is 0 Å². The van der Waals surface area contributed by atoms with E-state index in [1.807, 2.05) is 0 Å². The molecule has 1 aromatic carbocycles. The minimum absolute atomic E-state index is 0.653. The minimum atomic E-state index is 0.653. The number of rotatable bonds is 2. The van der Waals surface area contributed by atoms with Crippen molar-refractivity contribution in [3.63, 3.8) is 0 Å². The normalized spacial score (nSPS) is 29.1. The van der Waals surface area contributed by atoms with Crippen molar-refractivity contribution in [1.82, 2.24) is 0 Å². The molecule has 2 rings (SSSR count). The van der Waals surface area contributed by atoms with E-state index in [0.717, 1.165) is 11.8 Å². The summed E-state index contributed by atoms with van der Waals surface area (Å²) < 4.78 is 0. The van der Waals surface area contributed by atoms with Gasteiger partial charge in [-0.05, 0) is 50.2 Å². The number of nitrogens with one attached hydrogen (secondary N) is 1. The molecule has 1 fully saturated rings. The first-order chi connectivity index (χ1) is 8.06. The molecule has 3 unspecified atom stereocenters. The standard InChI is InChI=1S/C16H25N/c1-11-6-8-15(14(4)9-11)17-16-10-12(2)5-7-13(16)3/h6,8-9,12-13,16-17H,5,7,10H2,1-4H3. The summed E-state index contributed by atoms with van der Waals surface area (Å²) in [7, 11) is 0. The van der Waals surface area contributed by atoms with E-state index in [-0.39, 0.29) is 0 Å². The Hall–Kier alpha value is -0.980. The van der Waals surface area contributed by atoms with Gasteiger partial charge in [-0.25, -0.2) is 0 Å². The van der Waals surface area contributed by atoms with Crippen LogP contribution in [0.2, 0.25) is 0 Å². The third kappa shape index (κ3) is 3.02. The molecule has 0 spiro atoms. The van der Waals surface area contributed by atoms with Gasteiger partial charge in [0.2, 0.25) is 0 Å². The molecular formula is C16H25N. The van der Waals surface area contributed by atoms with Crippen LogP contribution in [0.3, 0.4) is 0 Å². The Bertz CT molecular complexity index is 383. The zero-order valence-corrected chi connectivity index (χ0v) is 11.6. The Kier molecular flexibility index (Phi) is 3.76. The van der Waals surface area contributed by atoms with Crippen molar-refractivity contribution in [2.24, 2.45) is 11.8 Å². The average Bonchev–Trinajstić information content (AvgIpc) is 2.27. The van der Waals surface area contributed by atoms with Crippen LogP contribution in [0.5, 0.6) is 0 Å². The molecule has 94 valence electrons. The quantitative estimate of drug-likeness (QED) is 0.788. The second kappa shape index (κ2) is 5.12. The summed E-state index contributed by atoms with van der Waals surface area (Å²) in [6.07, 6.45) is 4.07. The summed E-state index contributed by atoms with van der Waals surface area (Å²) in [6.45, 7) is 9.12. The number of benzene rings is 1. The first-order valence-electron chi connectivity index (χ1n) is 6.90. The molecule has 1 nitrogen and oxygen atoms in total. The maximum Gasteiger partial charge on any atom is 0.0372 e. The second-order valence-electron chi connectivity index (χ2n) is 5.96. The molecule has 0 saturated heterocycles. The number of aryl methyl sites for hydroxylation is 2. The smallest absolute Gasteiger partial charge is 0.0372 e. The molecule has 0 heterocycles. The largest absolute Gasteiger partial charge is 0.382 e. The van der Waals surface area contributed by atoms with E-state index >= 15 is 0 Å². The van der Waals surface area contributed by atoms with Gasteiger partial charge in [0.15, 0.2) is 0 Å². The van der Waals surface area contributed by atoms with Gasteiger partial charge in [-0.2, -0.15) is 0 Å². The molecule has 0 bridgehead atoms. The van der Waals surface area contributed by atoms with Gasteiger partial charge in [0.25, 0.3) is 0 Å². The van der Waals surface area contributed by atoms with Gasteiger partial charge < -0.3 is 5.32 Å². The molecule has 0 radical (unpaired) electrons. The minimum Gasteiger partial charge on any atom is -0.382 e. The van der Waals surface area contributed by atoms with E-state index in [1.54, 1.807) is 0 Å². The van der Waals surface area contributed by atoms with Crippen molar-refractivity contribution < 1.29 is 0 Å². The number of hydrogen-bond acceptors (Lipinski definition) is 1. The molecular weight excluding hydrogens is 206 g/mol. The summed E-state index contributed by atoms with van der Waals surface area (Å²) in [4.78, 5) is 0. The Labute approximate surface area is 106 Å². The van der Waals surface area contributed by atoms with Gasteiger partial charge in [-0.3, -0.25) is 0 Å². The van der Waals surface area contributed by atoms with Gasteiger partial charge in [0.05, 0.1) is 0 Å². The summed E-state index contributed by atoms with van der Waals surface area (Å²) in [5.74, 6) is 1.67. The highest BCUT2D eigenvalue weighted by Crippen LogP contribution is 2.31. The number of anilines is 1. The lowest BCUT2D eigenvalue weighted by Crippen LogP contribution is -2.33. The predicted octanol–water partition coefficient (Wildman–Crippen LogP) is 4.54. The van der Waals surface area contributed by atoms with Gasteiger partial charge >= 0.3 is 0 Å². The van der Waals surface area contributed by atoms with Crippen LogP contribution in [0.4, 0.5) is 5.69 Å². The van der Waals surface area contributed by atoms with Crippen molar-refractivity contribution in [1.29, 1.82) is 0 Å². The summed E-state index contributed by atoms with van der Waals surface area (Å²) in [6, 6.07) is 7.35. The molecule has 1 saturated carbocycles. The molecule has 0 aliphatic heterocycles. The van der Waals surface area contributed by atoms with Crippen molar-refractivity contribution in [3.8, 4) is 0 Å². The van der Waals surface area contributed by atoms with Crippen LogP contribution in [0.25, 0.3) is 0 Å². The van der Waals surface area contributed by atoms with Crippen LogP contribution in [0.15, 0.2) is 18.2 Å². The fraction of sp³-hybridized carbons (Fsp3) is 0.625. The van der Waals surface area contributed by atoms with Crippen LogP contribution >= 0.6 is 0 Å². The Morgan fingerprint density at radius 1 is 1.12 bits per heavy atom. The van der Waals surface area contributed by atoms with Gasteiger partial charge in [-0.1, -0.05) is 38.0 Å². The second-order valence-corrected chi connectivity index (χ2v) is 5.96. The third-order valence-electron chi connectivity index (χ3n) is 4.18. The summed E-state index contributed by atoms with van der Waals surface area (Å²) >= 11 is 0. The monoisotopic (exact) mass is 231 g/mol. The lowest BCUT2D eigenvalue weighted by molar-refractivity contribution is 0.280. The van der Waals surface area contributed by atoms with Crippen LogP contribution in [0, 0.1) is 25.7 Å². The first kappa shape index (κ1) is 12.5. The molecule has 1 aliphatic carbocycles. The van der Waals surface area contributed by atoms with Crippen LogP contribution < -0.4 is 5.32 Å². The van der Waals surface area contributed by atoms with Crippen LogP contribution in [0.1, 0.15) is 44.2 Å². The van der Waals surface area contributed by atoms with Crippen LogP contribution in [-0.4, -0.2) is 6.04 Å². The molecule has 0 amide bonds. The molecule has 1 N–H and O–H groups in total. The maximum atomic E-state index is 3.76. The highest BCUT2D eigenvalue weighted by molar-refractivity contribution is 5.52. The molecule has 1 aliphatic rings. The SMILES string of the molecule is Cc1ccc(NC2CC(C)CCC2C)c(C)c1. The number of hydrogen-bond donors (Lipinski definition) is 1. The van der Waals surface area contributed by atoms with E-state index in [9.17, 15) is 0 Å². The molecule has 17 heavy (non-hydrogen) atoms. The lowest BCUT2D eigenvalue weighted by atomic mass is 9.80. The highest BCUT2D eigenvalue weighted by Gasteiger charge is 2.25. The Morgan fingerprint density at radius 3 is 2.59 bits per heavy atom. The van der Waals surface area contributed by atoms with E-state index in [2.05, 4.69) is 51.2 Å². The van der Waals surface area contributed by atoms with E-state index in [0.29, 0.717) is 6.04 Å². The molecule has 0 aromatic heterocycles. The van der Waals surface area contributed by atoms with E-state index in [1.165, 1.54) is 36.1 Å². The fourth-order valence-electron chi connectivity index (χ4n) is 2.91. The van der Waals surface area contributed by atoms with Gasteiger partial charge in [0.1, 0.15) is 0 Å². The zero-order valence-electron chi connectivity index (χ0n) is 11.6. The molecule has 3 atom stereocenters.